The number of amides is 2. The van der Waals surface area contributed by atoms with Gasteiger partial charge >= 0.3 is 5.97 Å². The molecule has 2 rings (SSSR count). The van der Waals surface area contributed by atoms with Crippen molar-refractivity contribution >= 4 is 35.1 Å². The minimum absolute atomic E-state index is 0.112. The second kappa shape index (κ2) is 9.86. The van der Waals surface area contributed by atoms with Gasteiger partial charge in [-0.25, -0.2) is 9.97 Å². The first-order valence-corrected chi connectivity index (χ1v) is 8.28. The van der Waals surface area contributed by atoms with Crippen LogP contribution in [-0.4, -0.2) is 55.1 Å². The van der Waals surface area contributed by atoms with Gasteiger partial charge in [-0.1, -0.05) is 0 Å². The van der Waals surface area contributed by atoms with Crippen LogP contribution in [0.15, 0.2) is 36.7 Å². The van der Waals surface area contributed by atoms with E-state index in [2.05, 4.69) is 20.6 Å². The molecule has 2 amide bonds. The molecule has 0 radical (unpaired) electrons. The average molecular weight is 387 g/mol. The molecule has 2 N–H and O–H groups in total. The van der Waals surface area contributed by atoms with Gasteiger partial charge in [-0.3, -0.25) is 14.4 Å². The van der Waals surface area contributed by atoms with Crippen LogP contribution in [-0.2, 0) is 19.1 Å². The van der Waals surface area contributed by atoms with E-state index in [0.29, 0.717) is 23.1 Å². The van der Waals surface area contributed by atoms with E-state index >= 15 is 0 Å². The zero-order valence-electron chi connectivity index (χ0n) is 15.8. The quantitative estimate of drug-likeness (QED) is 0.645. The molecule has 0 fully saturated rings. The van der Waals surface area contributed by atoms with Gasteiger partial charge in [-0.15, -0.1) is 0 Å². The molecule has 0 saturated carbocycles. The lowest BCUT2D eigenvalue weighted by molar-refractivity contribution is -0.145. The molecule has 10 nitrogen and oxygen atoms in total. The lowest BCUT2D eigenvalue weighted by atomic mass is 10.2. The molecule has 0 aliphatic carbocycles. The number of aromatic nitrogens is 2. The highest BCUT2D eigenvalue weighted by molar-refractivity contribution is 5.96. The maximum absolute atomic E-state index is 12.1. The Labute approximate surface area is 161 Å². The van der Waals surface area contributed by atoms with Gasteiger partial charge in [-0.05, 0) is 24.3 Å². The standard InChI is InChI=1S/C18H21N5O5/c1-12(24)21-13-5-6-15(27-3)14(9-13)22-16(25)11-28-17(26)10-23(2)18-19-7-4-8-20-18/h4-9H,10-11H2,1-3H3,(H,21,24)(H,22,25). The number of ether oxygens (including phenoxy) is 2. The molecule has 148 valence electrons. The highest BCUT2D eigenvalue weighted by atomic mass is 16.5. The molecule has 1 aromatic heterocycles. The van der Waals surface area contributed by atoms with E-state index in [1.54, 1.807) is 43.7 Å². The van der Waals surface area contributed by atoms with Crippen LogP contribution in [0.2, 0.25) is 0 Å². The number of nitrogens with one attached hydrogen (secondary N) is 2. The van der Waals surface area contributed by atoms with Crippen molar-refractivity contribution in [2.75, 3.05) is 42.8 Å². The summed E-state index contributed by atoms with van der Waals surface area (Å²) >= 11 is 0. The Kier molecular flexibility index (Phi) is 7.26. The van der Waals surface area contributed by atoms with Crippen molar-refractivity contribution in [3.05, 3.63) is 36.7 Å². The number of rotatable bonds is 8. The van der Waals surface area contributed by atoms with E-state index in [0.717, 1.165) is 0 Å². The molecule has 0 unspecified atom stereocenters. The van der Waals surface area contributed by atoms with Gasteiger partial charge in [0.15, 0.2) is 6.61 Å². The topological polar surface area (TPSA) is 123 Å². The van der Waals surface area contributed by atoms with Gasteiger partial charge in [0.2, 0.25) is 11.9 Å². The third-order valence-corrected chi connectivity index (χ3v) is 3.42. The highest BCUT2D eigenvalue weighted by Gasteiger charge is 2.14. The van der Waals surface area contributed by atoms with Crippen molar-refractivity contribution in [2.24, 2.45) is 0 Å². The molecule has 2 aromatic rings. The molecule has 0 saturated heterocycles. The predicted molar refractivity (Wildman–Crippen MR) is 102 cm³/mol. The fraction of sp³-hybridized carbons (Fsp3) is 0.278. The summed E-state index contributed by atoms with van der Waals surface area (Å²) < 4.78 is 10.2. The Hall–Kier alpha value is -3.69. The highest BCUT2D eigenvalue weighted by Crippen LogP contribution is 2.27. The fourth-order valence-corrected chi connectivity index (χ4v) is 2.22. The van der Waals surface area contributed by atoms with Crippen molar-refractivity contribution in [1.82, 2.24) is 9.97 Å². The number of likely N-dealkylation sites (N-methyl/N-ethyl adjacent to an activating group) is 1. The van der Waals surface area contributed by atoms with Crippen LogP contribution in [0.25, 0.3) is 0 Å². The minimum atomic E-state index is -0.607. The van der Waals surface area contributed by atoms with Gasteiger partial charge in [-0.2, -0.15) is 0 Å². The van der Waals surface area contributed by atoms with Gasteiger partial charge in [0.05, 0.1) is 12.8 Å². The zero-order chi connectivity index (χ0) is 20.5. The van der Waals surface area contributed by atoms with Gasteiger partial charge < -0.3 is 25.0 Å². The van der Waals surface area contributed by atoms with E-state index in [9.17, 15) is 14.4 Å². The van der Waals surface area contributed by atoms with Crippen molar-refractivity contribution in [1.29, 1.82) is 0 Å². The first kappa shape index (κ1) is 20.6. The van der Waals surface area contributed by atoms with Crippen LogP contribution in [0.3, 0.4) is 0 Å². The summed E-state index contributed by atoms with van der Waals surface area (Å²) in [7, 11) is 3.08. The summed E-state index contributed by atoms with van der Waals surface area (Å²) in [5.41, 5.74) is 0.828. The monoisotopic (exact) mass is 387 g/mol. The molecule has 1 heterocycles. The molecular formula is C18H21N5O5. The average Bonchev–Trinajstić information content (AvgIpc) is 2.67. The van der Waals surface area contributed by atoms with Gasteiger partial charge in [0.1, 0.15) is 12.3 Å². The summed E-state index contributed by atoms with van der Waals surface area (Å²) in [4.78, 5) is 44.7. The molecule has 0 spiro atoms. The minimum Gasteiger partial charge on any atom is -0.495 e. The van der Waals surface area contributed by atoms with Crippen LogP contribution >= 0.6 is 0 Å². The number of anilines is 3. The Morgan fingerprint density at radius 2 is 1.86 bits per heavy atom. The summed E-state index contributed by atoms with van der Waals surface area (Å²) in [6.45, 7) is 0.786. The van der Waals surface area contributed by atoms with Crippen LogP contribution in [0.5, 0.6) is 5.75 Å². The van der Waals surface area contributed by atoms with Crippen LogP contribution in [0.4, 0.5) is 17.3 Å². The smallest absolute Gasteiger partial charge is 0.326 e. The number of hydrogen-bond donors (Lipinski definition) is 2. The van der Waals surface area contributed by atoms with E-state index in [4.69, 9.17) is 9.47 Å². The largest absolute Gasteiger partial charge is 0.495 e. The summed E-state index contributed by atoms with van der Waals surface area (Å²) in [5.74, 6) is -0.643. The maximum Gasteiger partial charge on any atom is 0.326 e. The van der Waals surface area contributed by atoms with Gasteiger partial charge in [0.25, 0.3) is 5.91 Å². The second-order valence-corrected chi connectivity index (χ2v) is 5.71. The first-order chi connectivity index (χ1) is 13.4. The van der Waals surface area contributed by atoms with E-state index < -0.39 is 18.5 Å². The van der Waals surface area contributed by atoms with E-state index in [-0.39, 0.29) is 12.5 Å². The number of nitrogens with zero attached hydrogens (tertiary/aromatic N) is 3. The molecule has 0 aliphatic heterocycles. The number of hydrogen-bond acceptors (Lipinski definition) is 8. The third-order valence-electron chi connectivity index (χ3n) is 3.42. The number of esters is 1. The van der Waals surface area contributed by atoms with E-state index in [1.807, 2.05) is 0 Å². The Morgan fingerprint density at radius 3 is 2.50 bits per heavy atom. The van der Waals surface area contributed by atoms with Crippen LogP contribution in [0, 0.1) is 0 Å². The number of methoxy groups -OCH3 is 1. The fourth-order valence-electron chi connectivity index (χ4n) is 2.22. The van der Waals surface area contributed by atoms with E-state index in [1.165, 1.54) is 18.9 Å². The SMILES string of the molecule is COc1ccc(NC(C)=O)cc1NC(=O)COC(=O)CN(C)c1ncccn1. The molecule has 0 bridgehead atoms. The molecular weight excluding hydrogens is 366 g/mol. The van der Waals surface area contributed by atoms with Crippen molar-refractivity contribution in [3.63, 3.8) is 0 Å². The van der Waals surface area contributed by atoms with Crippen molar-refractivity contribution in [3.8, 4) is 5.75 Å². The predicted octanol–water partition coefficient (Wildman–Crippen LogP) is 1.06. The van der Waals surface area contributed by atoms with Crippen LogP contribution < -0.4 is 20.3 Å². The van der Waals surface area contributed by atoms with Crippen LogP contribution in [0.1, 0.15) is 6.92 Å². The zero-order valence-corrected chi connectivity index (χ0v) is 15.8. The summed E-state index contributed by atoms with van der Waals surface area (Å²) in [5, 5.41) is 5.19. The molecule has 28 heavy (non-hydrogen) atoms. The molecule has 0 aliphatic rings. The van der Waals surface area contributed by atoms with Crippen molar-refractivity contribution < 1.29 is 23.9 Å². The van der Waals surface area contributed by atoms with Crippen molar-refractivity contribution in [2.45, 2.75) is 6.92 Å². The second-order valence-electron chi connectivity index (χ2n) is 5.71. The number of carbonyl (C=O) groups excluding carboxylic acids is 3. The number of benzene rings is 1. The molecule has 1 aromatic carbocycles. The third kappa shape index (κ3) is 6.24. The lowest BCUT2D eigenvalue weighted by Crippen LogP contribution is -2.30. The normalized spacial score (nSPS) is 9.96. The summed E-state index contributed by atoms with van der Waals surface area (Å²) in [6.07, 6.45) is 3.11. The summed E-state index contributed by atoms with van der Waals surface area (Å²) in [6, 6.07) is 6.44. The maximum atomic E-state index is 12.1. The Morgan fingerprint density at radius 1 is 1.14 bits per heavy atom. The molecule has 0 atom stereocenters. The Balaban J connectivity index is 1.89. The molecule has 10 heteroatoms. The number of carbonyl (C=O) groups is 3. The Bertz CT molecular complexity index is 844. The first-order valence-electron chi connectivity index (χ1n) is 8.28. The lowest BCUT2D eigenvalue weighted by Gasteiger charge is -2.16. The van der Waals surface area contributed by atoms with Gasteiger partial charge in [0, 0.05) is 32.1 Å².